The van der Waals surface area contributed by atoms with Gasteiger partial charge in [-0.05, 0) is 13.1 Å². The number of likely N-dealkylation sites (N-methyl/N-ethyl adjacent to an activating group) is 2. The Bertz CT molecular complexity index is 438. The maximum absolute atomic E-state index is 11.3. The van der Waals surface area contributed by atoms with E-state index >= 15 is 0 Å². The van der Waals surface area contributed by atoms with Crippen LogP contribution in [0.2, 0.25) is 0 Å². The Morgan fingerprint density at radius 2 is 2.22 bits per heavy atom. The van der Waals surface area contributed by atoms with Crippen LogP contribution in [0.25, 0.3) is 0 Å². The van der Waals surface area contributed by atoms with Gasteiger partial charge in [-0.2, -0.15) is 0 Å². The molecule has 1 rings (SSSR count). The molecule has 0 aromatic heterocycles. The SMILES string of the molecule is C#CCOc1ccccc1CN(C)CC(=O)NC. The third-order valence-corrected chi connectivity index (χ3v) is 2.42. The number of hydrogen-bond donors (Lipinski definition) is 1. The zero-order valence-corrected chi connectivity index (χ0v) is 10.8. The maximum Gasteiger partial charge on any atom is 0.233 e. The highest BCUT2D eigenvalue weighted by molar-refractivity contribution is 5.77. The van der Waals surface area contributed by atoms with E-state index in [9.17, 15) is 4.79 Å². The molecule has 0 saturated carbocycles. The van der Waals surface area contributed by atoms with Gasteiger partial charge >= 0.3 is 0 Å². The minimum Gasteiger partial charge on any atom is -0.481 e. The summed E-state index contributed by atoms with van der Waals surface area (Å²) < 4.78 is 5.46. The van der Waals surface area contributed by atoms with Crippen molar-refractivity contribution in [1.82, 2.24) is 10.2 Å². The summed E-state index contributed by atoms with van der Waals surface area (Å²) in [6, 6.07) is 7.67. The number of terminal acetylenes is 1. The van der Waals surface area contributed by atoms with E-state index < -0.39 is 0 Å². The van der Waals surface area contributed by atoms with Crippen molar-refractivity contribution in [3.63, 3.8) is 0 Å². The van der Waals surface area contributed by atoms with Gasteiger partial charge < -0.3 is 10.1 Å². The number of hydrogen-bond acceptors (Lipinski definition) is 3. The van der Waals surface area contributed by atoms with Crippen molar-refractivity contribution in [2.75, 3.05) is 27.2 Å². The minimum atomic E-state index is -0.0143. The van der Waals surface area contributed by atoms with E-state index in [1.54, 1.807) is 7.05 Å². The molecule has 0 aliphatic carbocycles. The molecule has 4 heteroatoms. The van der Waals surface area contributed by atoms with Gasteiger partial charge in [0.2, 0.25) is 5.91 Å². The van der Waals surface area contributed by atoms with Crippen molar-refractivity contribution in [2.45, 2.75) is 6.54 Å². The van der Waals surface area contributed by atoms with E-state index in [1.807, 2.05) is 36.2 Å². The van der Waals surface area contributed by atoms with Gasteiger partial charge in [-0.15, -0.1) is 6.42 Å². The van der Waals surface area contributed by atoms with Gasteiger partial charge in [-0.3, -0.25) is 9.69 Å². The van der Waals surface area contributed by atoms with Gasteiger partial charge in [-0.1, -0.05) is 24.1 Å². The molecule has 96 valence electrons. The molecule has 0 heterocycles. The molecule has 1 aromatic rings. The fourth-order valence-electron chi connectivity index (χ4n) is 1.57. The number of ether oxygens (including phenoxy) is 1. The highest BCUT2D eigenvalue weighted by atomic mass is 16.5. The third-order valence-electron chi connectivity index (χ3n) is 2.42. The third kappa shape index (κ3) is 4.48. The second-order valence-corrected chi connectivity index (χ2v) is 3.95. The molecule has 0 aliphatic rings. The summed E-state index contributed by atoms with van der Waals surface area (Å²) in [4.78, 5) is 13.2. The van der Waals surface area contributed by atoms with Gasteiger partial charge in [-0.25, -0.2) is 0 Å². The summed E-state index contributed by atoms with van der Waals surface area (Å²) in [5.41, 5.74) is 1.01. The quantitative estimate of drug-likeness (QED) is 0.758. The number of benzene rings is 1. The molecule has 0 atom stereocenters. The van der Waals surface area contributed by atoms with Gasteiger partial charge in [0, 0.05) is 19.2 Å². The van der Waals surface area contributed by atoms with Crippen molar-refractivity contribution in [3.05, 3.63) is 29.8 Å². The van der Waals surface area contributed by atoms with Crippen LogP contribution in [0.5, 0.6) is 5.75 Å². The fourth-order valence-corrected chi connectivity index (χ4v) is 1.57. The molecule has 4 nitrogen and oxygen atoms in total. The second kappa shape index (κ2) is 7.36. The van der Waals surface area contributed by atoms with Crippen LogP contribution >= 0.6 is 0 Å². The summed E-state index contributed by atoms with van der Waals surface area (Å²) in [5.74, 6) is 3.19. The standard InChI is InChI=1S/C14H18N2O2/c1-4-9-18-13-8-6-5-7-12(13)10-16(3)11-14(17)15-2/h1,5-8H,9-11H2,2-3H3,(H,15,17). The molecular weight excluding hydrogens is 228 g/mol. The van der Waals surface area contributed by atoms with Crippen LogP contribution < -0.4 is 10.1 Å². The van der Waals surface area contributed by atoms with Gasteiger partial charge in [0.15, 0.2) is 0 Å². The van der Waals surface area contributed by atoms with Crippen molar-refractivity contribution in [2.24, 2.45) is 0 Å². The largest absolute Gasteiger partial charge is 0.481 e. The average Bonchev–Trinajstić information content (AvgIpc) is 2.37. The number of amides is 1. The lowest BCUT2D eigenvalue weighted by molar-refractivity contribution is -0.121. The van der Waals surface area contributed by atoms with Gasteiger partial charge in [0.05, 0.1) is 6.54 Å². The Hall–Kier alpha value is -1.99. The zero-order chi connectivity index (χ0) is 13.4. The molecule has 0 spiro atoms. The molecule has 0 radical (unpaired) electrons. The predicted molar refractivity (Wildman–Crippen MR) is 71.2 cm³/mol. The zero-order valence-electron chi connectivity index (χ0n) is 10.8. The van der Waals surface area contributed by atoms with Crippen LogP contribution in [0.1, 0.15) is 5.56 Å². The number of carbonyl (C=O) groups is 1. The molecule has 1 N–H and O–H groups in total. The second-order valence-electron chi connectivity index (χ2n) is 3.95. The first-order valence-corrected chi connectivity index (χ1v) is 5.70. The smallest absolute Gasteiger partial charge is 0.233 e. The van der Waals surface area contributed by atoms with E-state index in [0.717, 1.165) is 11.3 Å². The summed E-state index contributed by atoms with van der Waals surface area (Å²) in [6.07, 6.45) is 5.17. The van der Waals surface area contributed by atoms with Crippen LogP contribution in [-0.4, -0.2) is 38.1 Å². The fraction of sp³-hybridized carbons (Fsp3) is 0.357. The van der Waals surface area contributed by atoms with Crippen LogP contribution in [0.15, 0.2) is 24.3 Å². The van der Waals surface area contributed by atoms with Crippen molar-refractivity contribution >= 4 is 5.91 Å². The van der Waals surface area contributed by atoms with Crippen LogP contribution in [0.4, 0.5) is 0 Å². The Kier molecular flexibility index (Phi) is 5.75. The molecule has 0 aliphatic heterocycles. The highest BCUT2D eigenvalue weighted by Crippen LogP contribution is 2.19. The Balaban J connectivity index is 2.65. The number of para-hydroxylation sites is 1. The van der Waals surface area contributed by atoms with E-state index in [0.29, 0.717) is 13.1 Å². The number of carbonyl (C=O) groups excluding carboxylic acids is 1. The van der Waals surface area contributed by atoms with E-state index in [1.165, 1.54) is 0 Å². The highest BCUT2D eigenvalue weighted by Gasteiger charge is 2.08. The Morgan fingerprint density at radius 3 is 2.89 bits per heavy atom. The lowest BCUT2D eigenvalue weighted by Gasteiger charge is -2.17. The normalized spacial score (nSPS) is 9.89. The van der Waals surface area contributed by atoms with Crippen LogP contribution in [0.3, 0.4) is 0 Å². The Labute approximate surface area is 108 Å². The molecule has 0 fully saturated rings. The van der Waals surface area contributed by atoms with Crippen LogP contribution in [0, 0.1) is 12.3 Å². The summed E-state index contributed by atoms with van der Waals surface area (Å²) in [6.45, 7) is 1.23. The van der Waals surface area contributed by atoms with Crippen molar-refractivity contribution in [3.8, 4) is 18.1 Å². The molecule has 0 saturated heterocycles. The first-order chi connectivity index (χ1) is 8.67. The lowest BCUT2D eigenvalue weighted by Crippen LogP contribution is -2.32. The number of nitrogens with one attached hydrogen (secondary N) is 1. The van der Waals surface area contributed by atoms with Crippen molar-refractivity contribution < 1.29 is 9.53 Å². The molecule has 0 bridgehead atoms. The topological polar surface area (TPSA) is 41.6 Å². The Morgan fingerprint density at radius 1 is 1.50 bits per heavy atom. The van der Waals surface area contributed by atoms with E-state index in [4.69, 9.17) is 11.2 Å². The number of nitrogens with zero attached hydrogens (tertiary/aromatic N) is 1. The average molecular weight is 246 g/mol. The molecule has 1 amide bonds. The molecule has 18 heavy (non-hydrogen) atoms. The molecular formula is C14H18N2O2. The lowest BCUT2D eigenvalue weighted by atomic mass is 10.2. The number of rotatable bonds is 6. The predicted octanol–water partition coefficient (Wildman–Crippen LogP) is 0.876. The minimum absolute atomic E-state index is 0.0143. The summed E-state index contributed by atoms with van der Waals surface area (Å²) in [5, 5.41) is 2.59. The molecule has 1 aromatic carbocycles. The first-order valence-electron chi connectivity index (χ1n) is 5.70. The van der Waals surface area contributed by atoms with Crippen LogP contribution in [-0.2, 0) is 11.3 Å². The first kappa shape index (κ1) is 14.1. The van der Waals surface area contributed by atoms with Gasteiger partial charge in [0.1, 0.15) is 12.4 Å². The summed E-state index contributed by atoms with van der Waals surface area (Å²) in [7, 11) is 3.51. The van der Waals surface area contributed by atoms with E-state index in [2.05, 4.69) is 11.2 Å². The summed E-state index contributed by atoms with van der Waals surface area (Å²) >= 11 is 0. The monoisotopic (exact) mass is 246 g/mol. The maximum atomic E-state index is 11.3. The van der Waals surface area contributed by atoms with Crippen molar-refractivity contribution in [1.29, 1.82) is 0 Å². The molecule has 0 unspecified atom stereocenters. The van der Waals surface area contributed by atoms with E-state index in [-0.39, 0.29) is 12.5 Å². The van der Waals surface area contributed by atoms with Gasteiger partial charge in [0.25, 0.3) is 0 Å².